The van der Waals surface area contributed by atoms with Crippen LogP contribution in [0, 0.1) is 10.5 Å². The van der Waals surface area contributed by atoms with Crippen LogP contribution >= 0.6 is 22.6 Å². The molecule has 0 unspecified atom stereocenters. The summed E-state index contributed by atoms with van der Waals surface area (Å²) in [7, 11) is 1.60. The standard InChI is InChI=1S/C29H22INO4/c1-18-7-9-19(10-8-18)17-34-27-24(30)13-20(15-26(27)33-2)14-25-29(32)35-28(31-25)23-12-11-21-5-3-4-6-22(21)16-23/h3-16H,17H2,1-2H3/b25-14-. The van der Waals surface area contributed by atoms with Crippen molar-refractivity contribution in [3.8, 4) is 11.5 Å². The van der Waals surface area contributed by atoms with E-state index in [4.69, 9.17) is 14.2 Å². The minimum Gasteiger partial charge on any atom is -0.493 e. The molecule has 4 aromatic rings. The smallest absolute Gasteiger partial charge is 0.363 e. The van der Waals surface area contributed by atoms with E-state index in [2.05, 4.69) is 46.6 Å². The average Bonchev–Trinajstić information content (AvgIpc) is 3.23. The van der Waals surface area contributed by atoms with Crippen LogP contribution in [0.5, 0.6) is 11.5 Å². The van der Waals surface area contributed by atoms with Gasteiger partial charge in [-0.05, 0) is 81.8 Å². The molecule has 1 heterocycles. The van der Waals surface area contributed by atoms with Gasteiger partial charge in [0, 0.05) is 5.56 Å². The number of carbonyl (C=O) groups is 1. The van der Waals surface area contributed by atoms with Crippen LogP contribution < -0.4 is 9.47 Å². The zero-order valence-corrected chi connectivity index (χ0v) is 21.4. The van der Waals surface area contributed by atoms with Gasteiger partial charge in [-0.2, -0.15) is 0 Å². The second-order valence-electron chi connectivity index (χ2n) is 8.21. The fourth-order valence-electron chi connectivity index (χ4n) is 3.82. The van der Waals surface area contributed by atoms with Crippen molar-refractivity contribution in [2.75, 3.05) is 7.11 Å². The van der Waals surface area contributed by atoms with E-state index < -0.39 is 5.97 Å². The number of benzene rings is 4. The third-order valence-corrected chi connectivity index (χ3v) is 6.48. The topological polar surface area (TPSA) is 57.1 Å². The molecule has 4 aromatic carbocycles. The summed E-state index contributed by atoms with van der Waals surface area (Å²) >= 11 is 2.21. The molecule has 0 spiro atoms. The fraction of sp³-hybridized carbons (Fsp3) is 0.103. The van der Waals surface area contributed by atoms with E-state index in [-0.39, 0.29) is 5.70 Å². The van der Waals surface area contributed by atoms with Gasteiger partial charge in [-0.15, -0.1) is 0 Å². The summed E-state index contributed by atoms with van der Waals surface area (Å²) in [4.78, 5) is 17.0. The highest BCUT2D eigenvalue weighted by Crippen LogP contribution is 2.35. The molecule has 0 fully saturated rings. The molecule has 0 aliphatic carbocycles. The molecule has 174 valence electrons. The maximum absolute atomic E-state index is 12.6. The second kappa shape index (κ2) is 9.92. The van der Waals surface area contributed by atoms with Gasteiger partial charge in [0.1, 0.15) is 6.61 Å². The van der Waals surface area contributed by atoms with Crippen LogP contribution in [0.4, 0.5) is 0 Å². The average molecular weight is 575 g/mol. The monoisotopic (exact) mass is 575 g/mol. The number of methoxy groups -OCH3 is 1. The summed E-state index contributed by atoms with van der Waals surface area (Å²) in [5, 5.41) is 2.17. The Morgan fingerprint density at radius 3 is 2.51 bits per heavy atom. The molecule has 1 aliphatic rings. The predicted molar refractivity (Wildman–Crippen MR) is 146 cm³/mol. The first-order valence-electron chi connectivity index (χ1n) is 11.1. The summed E-state index contributed by atoms with van der Waals surface area (Å²) in [6, 6.07) is 25.9. The first-order valence-corrected chi connectivity index (χ1v) is 12.2. The Labute approximate surface area is 217 Å². The van der Waals surface area contributed by atoms with E-state index in [9.17, 15) is 4.79 Å². The van der Waals surface area contributed by atoms with Crippen molar-refractivity contribution in [1.82, 2.24) is 0 Å². The summed E-state index contributed by atoms with van der Waals surface area (Å²) < 4.78 is 18.0. The Kier molecular flexibility index (Phi) is 6.55. The van der Waals surface area contributed by atoms with Gasteiger partial charge in [-0.1, -0.05) is 60.2 Å². The van der Waals surface area contributed by atoms with Crippen molar-refractivity contribution in [3.05, 3.63) is 110 Å². The lowest BCUT2D eigenvalue weighted by molar-refractivity contribution is -0.129. The van der Waals surface area contributed by atoms with E-state index >= 15 is 0 Å². The number of fused-ring (bicyclic) bond motifs is 1. The molecule has 5 nitrogen and oxygen atoms in total. The quantitative estimate of drug-likeness (QED) is 0.146. The third-order valence-electron chi connectivity index (χ3n) is 5.68. The molecule has 0 bridgehead atoms. The molecule has 0 N–H and O–H groups in total. The molecule has 0 aromatic heterocycles. The zero-order valence-electron chi connectivity index (χ0n) is 19.2. The van der Waals surface area contributed by atoms with E-state index in [1.165, 1.54) is 5.56 Å². The van der Waals surface area contributed by atoms with Crippen molar-refractivity contribution in [3.63, 3.8) is 0 Å². The van der Waals surface area contributed by atoms with Gasteiger partial charge in [0.15, 0.2) is 17.2 Å². The van der Waals surface area contributed by atoms with Crippen molar-refractivity contribution in [2.24, 2.45) is 4.99 Å². The maximum atomic E-state index is 12.6. The third kappa shape index (κ3) is 5.07. The number of aliphatic imine (C=N–C) groups is 1. The highest BCUT2D eigenvalue weighted by molar-refractivity contribution is 14.1. The number of carbonyl (C=O) groups excluding carboxylic acids is 1. The molecular weight excluding hydrogens is 553 g/mol. The molecule has 6 heteroatoms. The van der Waals surface area contributed by atoms with Crippen LogP contribution in [0.3, 0.4) is 0 Å². The van der Waals surface area contributed by atoms with E-state index in [0.717, 1.165) is 31.0 Å². The highest BCUT2D eigenvalue weighted by Gasteiger charge is 2.24. The van der Waals surface area contributed by atoms with Crippen molar-refractivity contribution >= 4 is 51.3 Å². The van der Waals surface area contributed by atoms with Gasteiger partial charge in [-0.3, -0.25) is 0 Å². The minimum atomic E-state index is -0.484. The lowest BCUT2D eigenvalue weighted by Gasteiger charge is -2.14. The van der Waals surface area contributed by atoms with Crippen molar-refractivity contribution in [1.29, 1.82) is 0 Å². The molecular formula is C29H22INO4. The minimum absolute atomic E-state index is 0.235. The molecule has 0 saturated carbocycles. The maximum Gasteiger partial charge on any atom is 0.363 e. The Morgan fingerprint density at radius 2 is 1.74 bits per heavy atom. The number of aryl methyl sites for hydroxylation is 1. The number of cyclic esters (lactones) is 1. The van der Waals surface area contributed by atoms with Gasteiger partial charge in [0.25, 0.3) is 0 Å². The Hall–Kier alpha value is -3.65. The summed E-state index contributed by atoms with van der Waals surface area (Å²) in [6.45, 7) is 2.48. The van der Waals surface area contributed by atoms with E-state index in [0.29, 0.717) is 24.0 Å². The van der Waals surface area contributed by atoms with Crippen LogP contribution in [0.25, 0.3) is 16.8 Å². The normalized spacial score (nSPS) is 14.2. The Morgan fingerprint density at radius 1 is 0.971 bits per heavy atom. The summed E-state index contributed by atoms with van der Waals surface area (Å²) in [5.74, 6) is 1.06. The molecule has 0 amide bonds. The summed E-state index contributed by atoms with van der Waals surface area (Å²) in [6.07, 6.45) is 1.70. The van der Waals surface area contributed by atoms with Gasteiger partial charge in [0.05, 0.1) is 10.7 Å². The van der Waals surface area contributed by atoms with Crippen LogP contribution in [0.1, 0.15) is 22.3 Å². The molecule has 1 aliphatic heterocycles. The first-order chi connectivity index (χ1) is 17.0. The first kappa shape index (κ1) is 23.1. The van der Waals surface area contributed by atoms with Crippen LogP contribution in [-0.2, 0) is 16.1 Å². The highest BCUT2D eigenvalue weighted by atomic mass is 127. The molecule has 5 rings (SSSR count). The molecule has 0 saturated heterocycles. The zero-order chi connectivity index (χ0) is 24.4. The number of hydrogen-bond donors (Lipinski definition) is 0. The SMILES string of the molecule is COc1cc(/C=C2\N=C(c3ccc4ccccc4c3)OC2=O)cc(I)c1OCc1ccc(C)cc1. The van der Waals surface area contributed by atoms with Gasteiger partial charge in [0.2, 0.25) is 5.90 Å². The number of esters is 1. The second-order valence-corrected chi connectivity index (χ2v) is 9.37. The lowest BCUT2D eigenvalue weighted by atomic mass is 10.1. The van der Waals surface area contributed by atoms with Gasteiger partial charge < -0.3 is 14.2 Å². The van der Waals surface area contributed by atoms with Gasteiger partial charge >= 0.3 is 5.97 Å². The van der Waals surface area contributed by atoms with Gasteiger partial charge in [-0.25, -0.2) is 9.79 Å². The lowest BCUT2D eigenvalue weighted by Crippen LogP contribution is -2.05. The van der Waals surface area contributed by atoms with E-state index in [1.54, 1.807) is 13.2 Å². The Balaban J connectivity index is 1.40. The van der Waals surface area contributed by atoms with E-state index in [1.807, 2.05) is 66.7 Å². The Bertz CT molecular complexity index is 1490. The molecule has 0 radical (unpaired) electrons. The number of rotatable bonds is 6. The van der Waals surface area contributed by atoms with Crippen LogP contribution in [-0.4, -0.2) is 19.0 Å². The van der Waals surface area contributed by atoms with Crippen molar-refractivity contribution < 1.29 is 19.0 Å². The number of halogens is 1. The fourth-order valence-corrected chi connectivity index (χ4v) is 4.60. The number of nitrogens with zero attached hydrogens (tertiary/aromatic N) is 1. The predicted octanol–water partition coefficient (Wildman–Crippen LogP) is 6.68. The largest absolute Gasteiger partial charge is 0.493 e. The summed E-state index contributed by atoms with van der Waals surface area (Å²) in [5.41, 5.74) is 4.04. The number of hydrogen-bond acceptors (Lipinski definition) is 5. The van der Waals surface area contributed by atoms with Crippen molar-refractivity contribution in [2.45, 2.75) is 13.5 Å². The molecule has 0 atom stereocenters. The number of ether oxygens (including phenoxy) is 3. The van der Waals surface area contributed by atoms with Crippen LogP contribution in [0.2, 0.25) is 0 Å². The van der Waals surface area contributed by atoms with Crippen LogP contribution in [0.15, 0.2) is 89.6 Å². The molecule has 35 heavy (non-hydrogen) atoms.